The third-order valence-corrected chi connectivity index (χ3v) is 2.23. The van der Waals surface area contributed by atoms with Gasteiger partial charge in [-0.2, -0.15) is 13.2 Å². The van der Waals surface area contributed by atoms with Crippen LogP contribution in [0.1, 0.15) is 17.7 Å². The lowest BCUT2D eigenvalue weighted by atomic mass is 10.2. The van der Waals surface area contributed by atoms with Crippen molar-refractivity contribution >= 4 is 0 Å². The van der Waals surface area contributed by atoms with Crippen molar-refractivity contribution in [1.29, 1.82) is 0 Å². The highest BCUT2D eigenvalue weighted by atomic mass is 19.4. The molecule has 0 aliphatic rings. The summed E-state index contributed by atoms with van der Waals surface area (Å²) in [6.07, 6.45) is -6.10. The minimum absolute atomic E-state index is 0.377. The van der Waals surface area contributed by atoms with Crippen LogP contribution in [0.4, 0.5) is 26.3 Å². The Kier molecular flexibility index (Phi) is 3.21. The molecule has 101 valence electrons. The van der Waals surface area contributed by atoms with Crippen LogP contribution in [-0.4, -0.2) is 15.0 Å². The van der Waals surface area contributed by atoms with Crippen LogP contribution >= 0.6 is 0 Å². The molecule has 0 saturated carbocycles. The van der Waals surface area contributed by atoms with Crippen LogP contribution in [-0.2, 0) is 6.18 Å². The second-order valence-corrected chi connectivity index (χ2v) is 3.46. The van der Waals surface area contributed by atoms with E-state index in [1.54, 1.807) is 0 Å². The normalized spacial score (nSPS) is 12.2. The molecule has 0 aliphatic carbocycles. The van der Waals surface area contributed by atoms with Crippen molar-refractivity contribution in [3.63, 3.8) is 0 Å². The van der Waals surface area contributed by atoms with Crippen LogP contribution in [0.15, 0.2) is 18.2 Å². The molecule has 1 aromatic carbocycles. The van der Waals surface area contributed by atoms with Gasteiger partial charge in [0, 0.05) is 0 Å². The molecule has 2 aromatic rings. The van der Waals surface area contributed by atoms with Gasteiger partial charge in [-0.05, 0) is 18.2 Å². The van der Waals surface area contributed by atoms with Crippen molar-refractivity contribution in [3.8, 4) is 5.69 Å². The van der Waals surface area contributed by atoms with E-state index in [9.17, 15) is 26.3 Å². The average molecular weight is 280 g/mol. The van der Waals surface area contributed by atoms with Crippen LogP contribution in [0.3, 0.4) is 0 Å². The number of hydrogen-bond acceptors (Lipinski definition) is 2. The Hall–Kier alpha value is -2.06. The van der Waals surface area contributed by atoms with E-state index in [2.05, 4.69) is 10.3 Å². The number of hydrogen-bond donors (Lipinski definition) is 0. The molecule has 0 aliphatic heterocycles. The third kappa shape index (κ3) is 2.54. The number of alkyl halides is 5. The Morgan fingerprint density at radius 1 is 1.21 bits per heavy atom. The summed E-state index contributed by atoms with van der Waals surface area (Å²) in [7, 11) is 0. The fourth-order valence-corrected chi connectivity index (χ4v) is 1.41. The van der Waals surface area contributed by atoms with Gasteiger partial charge in [0.2, 0.25) is 0 Å². The summed E-state index contributed by atoms with van der Waals surface area (Å²) in [4.78, 5) is 0. The predicted octanol–water partition coefficient (Wildman–Crippen LogP) is 3.16. The Bertz CT molecular complexity index is 589. The zero-order chi connectivity index (χ0) is 14.2. The summed E-state index contributed by atoms with van der Waals surface area (Å²) in [6.45, 7) is 0. The zero-order valence-corrected chi connectivity index (χ0v) is 8.92. The van der Waals surface area contributed by atoms with Gasteiger partial charge in [0.25, 0.3) is 6.43 Å². The topological polar surface area (TPSA) is 30.7 Å². The van der Waals surface area contributed by atoms with E-state index >= 15 is 0 Å². The summed E-state index contributed by atoms with van der Waals surface area (Å²) < 4.78 is 76.0. The second-order valence-electron chi connectivity index (χ2n) is 3.46. The van der Waals surface area contributed by atoms with Gasteiger partial charge in [-0.3, -0.25) is 0 Å². The van der Waals surface area contributed by atoms with E-state index in [0.717, 1.165) is 6.07 Å². The van der Waals surface area contributed by atoms with Crippen molar-refractivity contribution in [1.82, 2.24) is 15.0 Å². The number of halogens is 6. The zero-order valence-electron chi connectivity index (χ0n) is 8.92. The highest BCUT2D eigenvalue weighted by molar-refractivity contribution is 5.38. The van der Waals surface area contributed by atoms with Gasteiger partial charge in [0.15, 0.2) is 0 Å². The molecule has 0 saturated heterocycles. The minimum atomic E-state index is -4.94. The van der Waals surface area contributed by atoms with Crippen molar-refractivity contribution in [2.24, 2.45) is 0 Å². The van der Waals surface area contributed by atoms with Gasteiger partial charge < -0.3 is 0 Å². The standard InChI is InChI=1S/C10H4F6N3/c11-7-2-1-5(3-6(7)10(14,15)16)19-8(9(12)13)4-17-18-19/h1-3,9H. The first-order chi connectivity index (χ1) is 8.80. The van der Waals surface area contributed by atoms with Gasteiger partial charge in [0.05, 0.1) is 11.3 Å². The molecule has 0 N–H and O–H groups in total. The van der Waals surface area contributed by atoms with Crippen molar-refractivity contribution in [2.75, 3.05) is 0 Å². The average Bonchev–Trinajstić information content (AvgIpc) is 2.77. The molecule has 19 heavy (non-hydrogen) atoms. The maximum absolute atomic E-state index is 13.0. The van der Waals surface area contributed by atoms with E-state index in [-0.39, 0.29) is 5.69 Å². The molecular weight excluding hydrogens is 276 g/mol. The molecule has 2 rings (SSSR count). The lowest BCUT2D eigenvalue weighted by Gasteiger charge is -2.11. The maximum Gasteiger partial charge on any atom is 0.419 e. The molecule has 0 fully saturated rings. The van der Waals surface area contributed by atoms with Crippen LogP contribution in [0.5, 0.6) is 0 Å². The first-order valence-corrected chi connectivity index (χ1v) is 4.79. The number of aromatic nitrogens is 3. The molecule has 1 radical (unpaired) electrons. The monoisotopic (exact) mass is 280 g/mol. The van der Waals surface area contributed by atoms with E-state index in [4.69, 9.17) is 0 Å². The van der Waals surface area contributed by atoms with Gasteiger partial charge in [0.1, 0.15) is 17.7 Å². The smallest absolute Gasteiger partial charge is 0.211 e. The third-order valence-electron chi connectivity index (χ3n) is 2.23. The molecule has 0 unspecified atom stereocenters. The summed E-state index contributed by atoms with van der Waals surface area (Å²) in [5, 5.41) is 6.27. The number of rotatable bonds is 2. The first-order valence-electron chi connectivity index (χ1n) is 4.79. The maximum atomic E-state index is 13.0. The van der Waals surface area contributed by atoms with E-state index in [1.165, 1.54) is 0 Å². The number of nitrogens with zero attached hydrogens (tertiary/aromatic N) is 3. The van der Waals surface area contributed by atoms with Gasteiger partial charge in [-0.1, -0.05) is 5.21 Å². The lowest BCUT2D eigenvalue weighted by molar-refractivity contribution is -0.140. The Balaban J connectivity index is 2.55. The lowest BCUT2D eigenvalue weighted by Crippen LogP contribution is -2.11. The second kappa shape index (κ2) is 4.56. The van der Waals surface area contributed by atoms with E-state index in [0.29, 0.717) is 16.8 Å². The van der Waals surface area contributed by atoms with E-state index < -0.39 is 29.7 Å². The number of benzene rings is 1. The fraction of sp³-hybridized carbons (Fsp3) is 0.200. The van der Waals surface area contributed by atoms with Crippen molar-refractivity contribution in [2.45, 2.75) is 12.6 Å². The Morgan fingerprint density at radius 2 is 1.89 bits per heavy atom. The molecular formula is C10H4F6N3. The van der Waals surface area contributed by atoms with Crippen LogP contribution in [0.25, 0.3) is 5.69 Å². The summed E-state index contributed by atoms with van der Waals surface area (Å²) in [5.41, 5.74) is -2.75. The van der Waals surface area contributed by atoms with Crippen LogP contribution in [0, 0.1) is 12.0 Å². The molecule has 0 spiro atoms. The highest BCUT2D eigenvalue weighted by Gasteiger charge is 2.34. The molecule has 0 atom stereocenters. The summed E-state index contributed by atoms with van der Waals surface area (Å²) in [6, 6.07) is 1.79. The molecule has 0 bridgehead atoms. The van der Waals surface area contributed by atoms with Crippen molar-refractivity contribution < 1.29 is 26.3 Å². The Labute approximate surface area is 102 Å². The quantitative estimate of drug-likeness (QED) is 0.791. The van der Waals surface area contributed by atoms with Crippen LogP contribution in [0.2, 0.25) is 0 Å². The van der Waals surface area contributed by atoms with Gasteiger partial charge >= 0.3 is 6.18 Å². The van der Waals surface area contributed by atoms with E-state index in [1.807, 2.05) is 6.20 Å². The van der Waals surface area contributed by atoms with Gasteiger partial charge in [-0.15, -0.1) is 5.10 Å². The minimum Gasteiger partial charge on any atom is -0.211 e. The molecule has 9 heteroatoms. The molecule has 1 heterocycles. The summed E-state index contributed by atoms with van der Waals surface area (Å²) >= 11 is 0. The summed E-state index contributed by atoms with van der Waals surface area (Å²) in [5.74, 6) is -1.50. The van der Waals surface area contributed by atoms with Crippen LogP contribution < -0.4 is 0 Å². The first kappa shape index (κ1) is 13.4. The fourth-order valence-electron chi connectivity index (χ4n) is 1.41. The largest absolute Gasteiger partial charge is 0.419 e. The predicted molar refractivity (Wildman–Crippen MR) is 50.1 cm³/mol. The molecule has 1 aromatic heterocycles. The Morgan fingerprint density at radius 3 is 2.47 bits per heavy atom. The van der Waals surface area contributed by atoms with Gasteiger partial charge in [-0.25, -0.2) is 17.9 Å². The molecule has 3 nitrogen and oxygen atoms in total. The highest BCUT2D eigenvalue weighted by Crippen LogP contribution is 2.33. The SMILES string of the molecule is Fc1ccc(-n2nn[c]c2C(F)F)cc1C(F)(F)F. The molecule has 0 amide bonds. The van der Waals surface area contributed by atoms with Crippen molar-refractivity contribution in [3.05, 3.63) is 41.5 Å².